The molecule has 4 atom stereocenters. The standard InChI is InChI=1S/C27H36O6Si/c1-26(2,3)34(19-13-9-7-10-14-19,20-15-11-8-12-16-20)30-18-22-21(17-23(28)29-6)24-25(31-22)33-27(4,5)32-24/h7-16,21-22,24-25H,17-18H2,1-6H3/t21-,22+,24-,25-/m0/s1. The van der Waals surface area contributed by atoms with Crippen LogP contribution < -0.4 is 10.4 Å². The van der Waals surface area contributed by atoms with E-state index in [2.05, 4.69) is 69.3 Å². The first kappa shape index (κ1) is 25.1. The van der Waals surface area contributed by atoms with Crippen molar-refractivity contribution in [3.63, 3.8) is 0 Å². The number of hydrogen-bond donors (Lipinski definition) is 0. The zero-order valence-corrected chi connectivity index (χ0v) is 21.9. The van der Waals surface area contributed by atoms with Crippen molar-refractivity contribution < 1.29 is 28.2 Å². The summed E-state index contributed by atoms with van der Waals surface area (Å²) < 4.78 is 30.4. The quantitative estimate of drug-likeness (QED) is 0.442. The lowest BCUT2D eigenvalue weighted by Crippen LogP contribution is -2.67. The van der Waals surface area contributed by atoms with Gasteiger partial charge < -0.3 is 23.4 Å². The van der Waals surface area contributed by atoms with E-state index in [-0.39, 0.29) is 35.6 Å². The van der Waals surface area contributed by atoms with E-state index < -0.39 is 20.4 Å². The summed E-state index contributed by atoms with van der Waals surface area (Å²) in [4.78, 5) is 12.3. The molecule has 0 N–H and O–H groups in total. The smallest absolute Gasteiger partial charge is 0.305 e. The number of esters is 1. The lowest BCUT2D eigenvalue weighted by molar-refractivity contribution is -0.213. The maximum Gasteiger partial charge on any atom is 0.305 e. The highest BCUT2D eigenvalue weighted by Gasteiger charge is 2.57. The molecule has 0 radical (unpaired) electrons. The van der Waals surface area contributed by atoms with Crippen LogP contribution in [0.5, 0.6) is 0 Å². The summed E-state index contributed by atoms with van der Waals surface area (Å²) in [5.41, 5.74) is 0. The maximum absolute atomic E-state index is 12.3. The van der Waals surface area contributed by atoms with E-state index >= 15 is 0 Å². The Balaban J connectivity index is 1.68. The molecule has 2 aromatic carbocycles. The summed E-state index contributed by atoms with van der Waals surface area (Å²) in [5, 5.41) is 2.24. The third kappa shape index (κ3) is 4.72. The number of rotatable bonds is 7. The van der Waals surface area contributed by atoms with Gasteiger partial charge in [0.1, 0.15) is 6.10 Å². The highest BCUT2D eigenvalue weighted by Crippen LogP contribution is 2.43. The van der Waals surface area contributed by atoms with Crippen LogP contribution in [0.2, 0.25) is 5.04 Å². The molecule has 0 unspecified atom stereocenters. The zero-order chi connectivity index (χ0) is 24.6. The highest BCUT2D eigenvalue weighted by atomic mass is 28.4. The van der Waals surface area contributed by atoms with Crippen molar-refractivity contribution in [1.82, 2.24) is 0 Å². The normalized spacial score (nSPS) is 26.3. The molecule has 2 aliphatic heterocycles. The monoisotopic (exact) mass is 484 g/mol. The lowest BCUT2D eigenvalue weighted by atomic mass is 9.95. The molecule has 0 amide bonds. The molecule has 2 saturated heterocycles. The second-order valence-corrected chi connectivity index (χ2v) is 14.9. The molecular weight excluding hydrogens is 448 g/mol. The molecule has 6 nitrogen and oxygen atoms in total. The number of benzene rings is 2. The third-order valence-electron chi connectivity index (χ3n) is 6.81. The van der Waals surface area contributed by atoms with Crippen LogP contribution in [0.1, 0.15) is 41.0 Å². The Hall–Kier alpha value is -2.03. The van der Waals surface area contributed by atoms with Crippen LogP contribution >= 0.6 is 0 Å². The van der Waals surface area contributed by atoms with Gasteiger partial charge in [0.2, 0.25) is 0 Å². The van der Waals surface area contributed by atoms with Gasteiger partial charge in [0.05, 0.1) is 26.2 Å². The molecule has 0 bridgehead atoms. The van der Waals surface area contributed by atoms with Gasteiger partial charge >= 0.3 is 5.97 Å². The van der Waals surface area contributed by atoms with Crippen LogP contribution in [-0.4, -0.2) is 52.3 Å². The number of carbonyl (C=O) groups excluding carboxylic acids is 1. The molecule has 0 saturated carbocycles. The fraction of sp³-hybridized carbons (Fsp3) is 0.519. The number of methoxy groups -OCH3 is 1. The summed E-state index contributed by atoms with van der Waals surface area (Å²) in [6.07, 6.45) is -1.04. The SMILES string of the molecule is COC(=O)C[C@@H]1[C@@H]2OC(C)(C)O[C@@H]2O[C@@H]1CO[Si](c1ccccc1)(c1ccccc1)C(C)(C)C. The van der Waals surface area contributed by atoms with Gasteiger partial charge in [-0.1, -0.05) is 81.4 Å². The Morgan fingerprint density at radius 2 is 1.53 bits per heavy atom. The summed E-state index contributed by atoms with van der Waals surface area (Å²) in [6, 6.07) is 21.0. The molecule has 2 fully saturated rings. The summed E-state index contributed by atoms with van der Waals surface area (Å²) in [7, 11) is -1.33. The predicted octanol–water partition coefficient (Wildman–Crippen LogP) is 3.62. The van der Waals surface area contributed by atoms with Gasteiger partial charge in [0.25, 0.3) is 8.32 Å². The fourth-order valence-corrected chi connectivity index (χ4v) is 9.86. The summed E-state index contributed by atoms with van der Waals surface area (Å²) in [6.45, 7) is 10.8. The van der Waals surface area contributed by atoms with E-state index in [1.165, 1.54) is 17.5 Å². The largest absolute Gasteiger partial charge is 0.469 e. The molecule has 4 rings (SSSR count). The minimum absolute atomic E-state index is 0.156. The minimum Gasteiger partial charge on any atom is -0.469 e. The molecule has 2 aliphatic rings. The molecule has 184 valence electrons. The first-order chi connectivity index (χ1) is 16.1. The number of hydrogen-bond acceptors (Lipinski definition) is 6. The molecule has 0 aromatic heterocycles. The Bertz CT molecular complexity index is 932. The van der Waals surface area contributed by atoms with Gasteiger partial charge in [-0.3, -0.25) is 4.79 Å². The van der Waals surface area contributed by atoms with Crippen LogP contribution in [0.25, 0.3) is 0 Å². The van der Waals surface area contributed by atoms with Crippen LogP contribution in [0.3, 0.4) is 0 Å². The van der Waals surface area contributed by atoms with Gasteiger partial charge in [0, 0.05) is 5.92 Å². The maximum atomic E-state index is 12.3. The van der Waals surface area contributed by atoms with E-state index in [0.717, 1.165) is 0 Å². The predicted molar refractivity (Wildman–Crippen MR) is 132 cm³/mol. The molecular formula is C27H36O6Si. The van der Waals surface area contributed by atoms with Gasteiger partial charge in [-0.15, -0.1) is 0 Å². The number of carbonyl (C=O) groups is 1. The number of ether oxygens (including phenoxy) is 4. The topological polar surface area (TPSA) is 63.2 Å². The van der Waals surface area contributed by atoms with Crippen molar-refractivity contribution in [2.45, 2.75) is 70.4 Å². The molecule has 2 aromatic rings. The van der Waals surface area contributed by atoms with E-state index in [1.54, 1.807) is 0 Å². The second kappa shape index (κ2) is 9.55. The van der Waals surface area contributed by atoms with Crippen LogP contribution in [0.4, 0.5) is 0 Å². The van der Waals surface area contributed by atoms with Crippen molar-refractivity contribution >= 4 is 24.7 Å². The minimum atomic E-state index is -2.74. The first-order valence-corrected chi connectivity index (χ1v) is 13.8. The summed E-state index contributed by atoms with van der Waals surface area (Å²) in [5.74, 6) is -1.27. The van der Waals surface area contributed by atoms with Gasteiger partial charge in [-0.25, -0.2) is 0 Å². The third-order valence-corrected chi connectivity index (χ3v) is 11.8. The van der Waals surface area contributed by atoms with E-state index in [0.29, 0.717) is 6.61 Å². The summed E-state index contributed by atoms with van der Waals surface area (Å²) >= 11 is 0. The van der Waals surface area contributed by atoms with Crippen LogP contribution in [0.15, 0.2) is 60.7 Å². The van der Waals surface area contributed by atoms with Crippen molar-refractivity contribution in [2.75, 3.05) is 13.7 Å². The Kier molecular flexibility index (Phi) is 7.04. The van der Waals surface area contributed by atoms with Gasteiger partial charge in [-0.2, -0.15) is 0 Å². The van der Waals surface area contributed by atoms with Crippen molar-refractivity contribution in [2.24, 2.45) is 5.92 Å². The first-order valence-electron chi connectivity index (χ1n) is 11.9. The van der Waals surface area contributed by atoms with E-state index in [1.807, 2.05) is 26.0 Å². The van der Waals surface area contributed by atoms with Crippen LogP contribution in [0, 0.1) is 5.92 Å². The van der Waals surface area contributed by atoms with Crippen molar-refractivity contribution in [3.05, 3.63) is 60.7 Å². The fourth-order valence-electron chi connectivity index (χ4n) is 5.29. The average molecular weight is 485 g/mol. The average Bonchev–Trinajstić information content (AvgIpc) is 3.26. The number of fused-ring (bicyclic) bond motifs is 1. The van der Waals surface area contributed by atoms with Crippen LogP contribution in [-0.2, 0) is 28.2 Å². The molecule has 0 spiro atoms. The molecule has 7 heteroatoms. The highest BCUT2D eigenvalue weighted by molar-refractivity contribution is 6.99. The zero-order valence-electron chi connectivity index (χ0n) is 20.9. The Morgan fingerprint density at radius 3 is 2.03 bits per heavy atom. The molecule has 0 aliphatic carbocycles. The van der Waals surface area contributed by atoms with E-state index in [4.69, 9.17) is 23.4 Å². The molecule has 2 heterocycles. The van der Waals surface area contributed by atoms with Crippen molar-refractivity contribution in [1.29, 1.82) is 0 Å². The van der Waals surface area contributed by atoms with Crippen molar-refractivity contribution in [3.8, 4) is 0 Å². The lowest BCUT2D eigenvalue weighted by Gasteiger charge is -2.43. The second-order valence-electron chi connectivity index (χ2n) is 10.6. The Morgan fingerprint density at radius 1 is 0.971 bits per heavy atom. The molecule has 34 heavy (non-hydrogen) atoms. The van der Waals surface area contributed by atoms with E-state index in [9.17, 15) is 4.79 Å². The Labute approximate surface area is 203 Å². The van der Waals surface area contributed by atoms with Gasteiger partial charge in [0.15, 0.2) is 12.1 Å². The van der Waals surface area contributed by atoms with Gasteiger partial charge in [-0.05, 0) is 29.3 Å².